The van der Waals surface area contributed by atoms with Crippen LogP contribution < -0.4 is 4.74 Å². The first-order valence-electron chi connectivity index (χ1n) is 5.77. The Labute approximate surface area is 114 Å². The lowest BCUT2D eigenvalue weighted by molar-refractivity contribution is 0.284. The summed E-state index contributed by atoms with van der Waals surface area (Å²) in [7, 11) is 0. The Morgan fingerprint density at radius 2 is 2.17 bits per heavy atom. The lowest BCUT2D eigenvalue weighted by atomic mass is 10.2. The second-order valence-corrected chi connectivity index (χ2v) is 5.26. The van der Waals surface area contributed by atoms with Gasteiger partial charge in [0.15, 0.2) is 6.61 Å². The Bertz CT molecular complexity index is 538. The molecule has 1 aromatic heterocycles. The number of rotatable bonds is 4. The van der Waals surface area contributed by atoms with Crippen LogP contribution in [0.3, 0.4) is 0 Å². The predicted molar refractivity (Wildman–Crippen MR) is 71.6 cm³/mol. The van der Waals surface area contributed by atoms with Crippen molar-refractivity contribution in [2.24, 2.45) is 0 Å². The van der Waals surface area contributed by atoms with E-state index in [1.165, 1.54) is 0 Å². The molecular weight excluding hydrogens is 296 g/mol. The van der Waals surface area contributed by atoms with Crippen molar-refractivity contribution in [2.75, 3.05) is 0 Å². The molecule has 0 bridgehead atoms. The highest BCUT2D eigenvalue weighted by atomic mass is 79.9. The van der Waals surface area contributed by atoms with Gasteiger partial charge in [-0.05, 0) is 30.7 Å². The highest BCUT2D eigenvalue weighted by Gasteiger charge is 2.10. The van der Waals surface area contributed by atoms with E-state index in [1.54, 1.807) is 0 Å². The van der Waals surface area contributed by atoms with E-state index in [9.17, 15) is 0 Å². The Morgan fingerprint density at radius 1 is 1.39 bits per heavy atom. The van der Waals surface area contributed by atoms with Crippen LogP contribution in [0.15, 0.2) is 27.2 Å². The third-order valence-electron chi connectivity index (χ3n) is 2.48. The van der Waals surface area contributed by atoms with Gasteiger partial charge >= 0.3 is 0 Å². The fraction of sp³-hybridized carbons (Fsp3) is 0.385. The number of halogens is 1. The number of aromatic nitrogens is 2. The molecule has 4 nitrogen and oxygen atoms in total. The molecule has 0 saturated carbocycles. The van der Waals surface area contributed by atoms with Crippen LogP contribution in [0, 0.1) is 6.92 Å². The fourth-order valence-electron chi connectivity index (χ4n) is 1.42. The van der Waals surface area contributed by atoms with Crippen molar-refractivity contribution in [3.63, 3.8) is 0 Å². The van der Waals surface area contributed by atoms with Crippen LogP contribution in [-0.4, -0.2) is 10.1 Å². The number of ether oxygens (including phenoxy) is 1. The maximum atomic E-state index is 5.62. The first-order chi connectivity index (χ1) is 8.56. The van der Waals surface area contributed by atoms with Gasteiger partial charge in [0.1, 0.15) is 5.75 Å². The van der Waals surface area contributed by atoms with Gasteiger partial charge in [0.05, 0.1) is 0 Å². The number of hydrogen-bond donors (Lipinski definition) is 0. The van der Waals surface area contributed by atoms with Crippen molar-refractivity contribution >= 4 is 15.9 Å². The summed E-state index contributed by atoms with van der Waals surface area (Å²) in [6, 6.07) is 5.83. The topological polar surface area (TPSA) is 48.2 Å². The summed E-state index contributed by atoms with van der Waals surface area (Å²) in [6.07, 6.45) is 0. The van der Waals surface area contributed by atoms with Gasteiger partial charge in [0, 0.05) is 10.4 Å². The van der Waals surface area contributed by atoms with E-state index in [0.29, 0.717) is 18.3 Å². The van der Waals surface area contributed by atoms with Crippen molar-refractivity contribution in [3.8, 4) is 5.75 Å². The molecule has 0 unspecified atom stereocenters. The molecule has 0 aliphatic carbocycles. The van der Waals surface area contributed by atoms with Crippen molar-refractivity contribution in [1.82, 2.24) is 10.1 Å². The number of hydrogen-bond acceptors (Lipinski definition) is 4. The Morgan fingerprint density at radius 3 is 2.78 bits per heavy atom. The minimum Gasteiger partial charge on any atom is -0.485 e. The summed E-state index contributed by atoms with van der Waals surface area (Å²) in [5.74, 6) is 2.24. The molecule has 0 atom stereocenters. The van der Waals surface area contributed by atoms with E-state index in [-0.39, 0.29) is 5.92 Å². The van der Waals surface area contributed by atoms with E-state index < -0.39 is 0 Å². The molecule has 1 aromatic carbocycles. The van der Waals surface area contributed by atoms with E-state index in [4.69, 9.17) is 9.26 Å². The van der Waals surface area contributed by atoms with Crippen LogP contribution >= 0.6 is 15.9 Å². The zero-order valence-corrected chi connectivity index (χ0v) is 12.2. The molecule has 0 amide bonds. The van der Waals surface area contributed by atoms with E-state index in [1.807, 2.05) is 39.0 Å². The number of benzene rings is 1. The SMILES string of the molecule is Cc1cc(OCc2noc(C(C)C)n2)ccc1Br. The zero-order valence-electron chi connectivity index (χ0n) is 10.6. The third-order valence-corrected chi connectivity index (χ3v) is 3.36. The average molecular weight is 311 g/mol. The first-order valence-corrected chi connectivity index (χ1v) is 6.57. The molecule has 5 heteroatoms. The molecule has 0 spiro atoms. The molecule has 0 saturated heterocycles. The number of nitrogens with zero attached hydrogens (tertiary/aromatic N) is 2. The standard InChI is InChI=1S/C13H15BrN2O2/c1-8(2)13-15-12(16-18-13)7-17-10-4-5-11(14)9(3)6-10/h4-6,8H,7H2,1-3H3. The van der Waals surface area contributed by atoms with Gasteiger partial charge < -0.3 is 9.26 Å². The highest BCUT2D eigenvalue weighted by Crippen LogP contribution is 2.22. The van der Waals surface area contributed by atoms with Crippen LogP contribution in [0.4, 0.5) is 0 Å². The van der Waals surface area contributed by atoms with Gasteiger partial charge in [-0.15, -0.1) is 0 Å². The molecule has 0 aliphatic heterocycles. The molecule has 1 heterocycles. The third kappa shape index (κ3) is 3.10. The molecule has 18 heavy (non-hydrogen) atoms. The first kappa shape index (κ1) is 13.1. The average Bonchev–Trinajstić information content (AvgIpc) is 2.79. The fourth-order valence-corrected chi connectivity index (χ4v) is 1.66. The number of aryl methyl sites for hydroxylation is 1. The molecule has 0 fully saturated rings. The lowest BCUT2D eigenvalue weighted by Crippen LogP contribution is -1.98. The highest BCUT2D eigenvalue weighted by molar-refractivity contribution is 9.10. The zero-order chi connectivity index (χ0) is 13.1. The van der Waals surface area contributed by atoms with E-state index in [2.05, 4.69) is 26.1 Å². The van der Waals surface area contributed by atoms with Gasteiger partial charge in [-0.1, -0.05) is 34.9 Å². The summed E-state index contributed by atoms with van der Waals surface area (Å²) in [6.45, 7) is 6.35. The largest absolute Gasteiger partial charge is 0.485 e. The van der Waals surface area contributed by atoms with E-state index in [0.717, 1.165) is 15.8 Å². The predicted octanol–water partition coefficient (Wildman–Crippen LogP) is 3.84. The van der Waals surface area contributed by atoms with Crippen LogP contribution in [0.5, 0.6) is 5.75 Å². The quantitative estimate of drug-likeness (QED) is 0.860. The summed E-state index contributed by atoms with van der Waals surface area (Å²) >= 11 is 3.45. The molecule has 2 aromatic rings. The molecule has 0 radical (unpaired) electrons. The normalized spacial score (nSPS) is 10.9. The van der Waals surface area contributed by atoms with Gasteiger partial charge in [0.2, 0.25) is 11.7 Å². The Hall–Kier alpha value is -1.36. The maximum Gasteiger partial charge on any atom is 0.229 e. The minimum atomic E-state index is 0.237. The summed E-state index contributed by atoms with van der Waals surface area (Å²) in [5, 5.41) is 3.87. The van der Waals surface area contributed by atoms with Crippen LogP contribution in [0.2, 0.25) is 0 Å². The van der Waals surface area contributed by atoms with E-state index >= 15 is 0 Å². The maximum absolute atomic E-state index is 5.62. The van der Waals surface area contributed by atoms with Gasteiger partial charge in [-0.25, -0.2) is 0 Å². The summed E-state index contributed by atoms with van der Waals surface area (Å²) in [4.78, 5) is 4.25. The van der Waals surface area contributed by atoms with Gasteiger partial charge in [-0.3, -0.25) is 0 Å². The van der Waals surface area contributed by atoms with Crippen molar-refractivity contribution in [3.05, 3.63) is 40.0 Å². The second-order valence-electron chi connectivity index (χ2n) is 4.40. The Balaban J connectivity index is 2.00. The summed E-state index contributed by atoms with van der Waals surface area (Å²) in [5.41, 5.74) is 1.13. The molecular formula is C13H15BrN2O2. The van der Waals surface area contributed by atoms with Crippen molar-refractivity contribution < 1.29 is 9.26 Å². The van der Waals surface area contributed by atoms with Crippen LogP contribution in [0.25, 0.3) is 0 Å². The lowest BCUT2D eigenvalue weighted by Gasteiger charge is -2.05. The smallest absolute Gasteiger partial charge is 0.229 e. The second kappa shape index (κ2) is 5.52. The molecule has 0 N–H and O–H groups in total. The van der Waals surface area contributed by atoms with Crippen LogP contribution in [-0.2, 0) is 6.61 Å². The molecule has 96 valence electrons. The van der Waals surface area contributed by atoms with Crippen molar-refractivity contribution in [1.29, 1.82) is 0 Å². The molecule has 2 rings (SSSR count). The monoisotopic (exact) mass is 310 g/mol. The Kier molecular flexibility index (Phi) is 4.01. The van der Waals surface area contributed by atoms with Gasteiger partial charge in [0.25, 0.3) is 0 Å². The van der Waals surface area contributed by atoms with Crippen LogP contribution in [0.1, 0.15) is 37.0 Å². The molecule has 0 aliphatic rings. The minimum absolute atomic E-state index is 0.237. The van der Waals surface area contributed by atoms with Gasteiger partial charge in [-0.2, -0.15) is 4.98 Å². The summed E-state index contributed by atoms with van der Waals surface area (Å²) < 4.78 is 11.8. The van der Waals surface area contributed by atoms with Crippen molar-refractivity contribution in [2.45, 2.75) is 33.3 Å².